The summed E-state index contributed by atoms with van der Waals surface area (Å²) in [4.78, 5) is 24.2. The molecule has 5 heteroatoms. The molecule has 0 aromatic heterocycles. The summed E-state index contributed by atoms with van der Waals surface area (Å²) in [5.41, 5.74) is 0. The van der Waals surface area contributed by atoms with Gasteiger partial charge in [-0.05, 0) is 57.8 Å². The fraction of sp³-hybridized carbons (Fsp3) is 0.714. The van der Waals surface area contributed by atoms with E-state index in [1.807, 2.05) is 36.5 Å². The number of unbranched alkanes of at least 4 members (excludes halogenated alkanes) is 19. The molecule has 0 saturated heterocycles. The zero-order valence-corrected chi connectivity index (χ0v) is 30.5. The third kappa shape index (κ3) is 36.3. The Bertz CT molecular complexity index is 838. The van der Waals surface area contributed by atoms with Crippen molar-refractivity contribution in [3.8, 4) is 0 Å². The van der Waals surface area contributed by atoms with Crippen LogP contribution in [-0.2, 0) is 19.1 Å². The molecule has 0 saturated carbocycles. The first kappa shape index (κ1) is 44.6. The molecule has 0 aromatic rings. The van der Waals surface area contributed by atoms with Gasteiger partial charge in [-0.2, -0.15) is 0 Å². The van der Waals surface area contributed by atoms with E-state index in [1.54, 1.807) is 0 Å². The van der Waals surface area contributed by atoms with Crippen molar-refractivity contribution in [3.05, 3.63) is 60.8 Å². The second kappa shape index (κ2) is 38.1. The average Bonchev–Trinajstić information content (AvgIpc) is 3.07. The lowest BCUT2D eigenvalue weighted by molar-refractivity contribution is -0.161. The minimum Gasteiger partial charge on any atom is -0.462 e. The molecule has 0 aliphatic rings. The fourth-order valence-electron chi connectivity index (χ4n) is 5.21. The lowest BCUT2D eigenvalue weighted by atomic mass is 10.1. The van der Waals surface area contributed by atoms with Crippen molar-refractivity contribution in [1.82, 2.24) is 0 Å². The van der Waals surface area contributed by atoms with Gasteiger partial charge >= 0.3 is 11.9 Å². The number of esters is 2. The average molecular weight is 657 g/mol. The molecule has 0 aliphatic heterocycles. The van der Waals surface area contributed by atoms with Crippen LogP contribution in [-0.4, -0.2) is 36.4 Å². The third-order valence-corrected chi connectivity index (χ3v) is 8.14. The molecule has 0 amide bonds. The smallest absolute Gasteiger partial charge is 0.306 e. The van der Waals surface area contributed by atoms with E-state index in [4.69, 9.17) is 9.47 Å². The Hall–Kier alpha value is -2.40. The number of rotatable bonds is 34. The highest BCUT2D eigenvalue weighted by Crippen LogP contribution is 2.13. The standard InChI is InChI=1S/C42H72O5/c1-3-5-7-9-11-13-15-17-18-19-20-21-22-23-25-27-29-31-33-35-37-42(45)47-40(38-43)39-46-41(44)36-34-32-30-28-26-24-16-14-12-10-8-6-4-2/h6,8,10,12,14,16,20-21,24,26,40,43H,3-5,7,9,11,13,15,17-19,22-23,25,27-39H2,1-2H3/b8-6+,12-10+,16-14+,21-20+,26-24+. The molecule has 1 atom stereocenters. The monoisotopic (exact) mass is 657 g/mol. The van der Waals surface area contributed by atoms with E-state index in [1.165, 1.54) is 96.3 Å². The van der Waals surface area contributed by atoms with Gasteiger partial charge in [0, 0.05) is 12.8 Å². The number of ether oxygens (including phenoxy) is 2. The lowest BCUT2D eigenvalue weighted by Gasteiger charge is -2.15. The first-order valence-electron chi connectivity index (χ1n) is 19.4. The number of allylic oxidation sites excluding steroid dienone is 10. The fourth-order valence-corrected chi connectivity index (χ4v) is 5.21. The number of hydrogen-bond donors (Lipinski definition) is 1. The summed E-state index contributed by atoms with van der Waals surface area (Å²) >= 11 is 0. The van der Waals surface area contributed by atoms with Gasteiger partial charge in [-0.1, -0.05) is 164 Å². The Balaban J connectivity index is 3.60. The van der Waals surface area contributed by atoms with E-state index >= 15 is 0 Å². The Labute approximate surface area is 290 Å². The van der Waals surface area contributed by atoms with Crippen molar-refractivity contribution in [1.29, 1.82) is 0 Å². The van der Waals surface area contributed by atoms with Crippen molar-refractivity contribution < 1.29 is 24.2 Å². The van der Waals surface area contributed by atoms with Gasteiger partial charge in [0.15, 0.2) is 6.10 Å². The topological polar surface area (TPSA) is 72.8 Å². The number of aliphatic hydroxyl groups is 1. The van der Waals surface area contributed by atoms with Crippen LogP contribution in [0.25, 0.3) is 0 Å². The number of aliphatic hydroxyl groups excluding tert-OH is 1. The molecule has 0 aliphatic carbocycles. The van der Waals surface area contributed by atoms with Crippen LogP contribution >= 0.6 is 0 Å². The summed E-state index contributed by atoms with van der Waals surface area (Å²) < 4.78 is 10.6. The van der Waals surface area contributed by atoms with Gasteiger partial charge in [-0.15, -0.1) is 0 Å². The van der Waals surface area contributed by atoms with Crippen LogP contribution in [0.3, 0.4) is 0 Å². The largest absolute Gasteiger partial charge is 0.462 e. The Morgan fingerprint density at radius 2 is 0.936 bits per heavy atom. The molecule has 5 nitrogen and oxygen atoms in total. The predicted molar refractivity (Wildman–Crippen MR) is 200 cm³/mol. The molecular formula is C42H72O5. The van der Waals surface area contributed by atoms with Gasteiger partial charge in [0.2, 0.25) is 0 Å². The molecular weight excluding hydrogens is 584 g/mol. The molecule has 0 rings (SSSR count). The van der Waals surface area contributed by atoms with Gasteiger partial charge in [-0.25, -0.2) is 0 Å². The van der Waals surface area contributed by atoms with Crippen LogP contribution < -0.4 is 0 Å². The van der Waals surface area contributed by atoms with Crippen molar-refractivity contribution >= 4 is 11.9 Å². The zero-order chi connectivity index (χ0) is 34.3. The minimum absolute atomic E-state index is 0.0900. The minimum atomic E-state index is -0.790. The maximum Gasteiger partial charge on any atom is 0.306 e. The SMILES string of the molecule is CC/C=C/C=C/C=C/C=C/CCCCCC(=O)OCC(CO)OC(=O)CCCCCCCCC/C=C/CCCCCCCCCCC. The van der Waals surface area contributed by atoms with E-state index in [0.29, 0.717) is 12.8 Å². The summed E-state index contributed by atoms with van der Waals surface area (Å²) in [7, 11) is 0. The van der Waals surface area contributed by atoms with Gasteiger partial charge in [-0.3, -0.25) is 9.59 Å². The predicted octanol–water partition coefficient (Wildman–Crippen LogP) is 12.0. The molecule has 0 bridgehead atoms. The summed E-state index contributed by atoms with van der Waals surface area (Å²) in [6.07, 6.45) is 48.6. The van der Waals surface area contributed by atoms with Gasteiger partial charge in [0.25, 0.3) is 0 Å². The normalized spacial score (nSPS) is 12.8. The molecule has 1 N–H and O–H groups in total. The second-order valence-electron chi connectivity index (χ2n) is 12.7. The highest BCUT2D eigenvalue weighted by Gasteiger charge is 2.16. The van der Waals surface area contributed by atoms with Crippen LogP contribution in [0.5, 0.6) is 0 Å². The number of carbonyl (C=O) groups excluding carboxylic acids is 2. The summed E-state index contributed by atoms with van der Waals surface area (Å²) in [6, 6.07) is 0. The lowest BCUT2D eigenvalue weighted by Crippen LogP contribution is -2.28. The van der Waals surface area contributed by atoms with Crippen molar-refractivity contribution in [2.45, 2.75) is 180 Å². The molecule has 0 heterocycles. The van der Waals surface area contributed by atoms with Crippen LogP contribution in [0.1, 0.15) is 174 Å². The van der Waals surface area contributed by atoms with Crippen LogP contribution in [0.2, 0.25) is 0 Å². The molecule has 47 heavy (non-hydrogen) atoms. The van der Waals surface area contributed by atoms with E-state index in [2.05, 4.69) is 38.2 Å². The van der Waals surface area contributed by atoms with Crippen LogP contribution in [0.15, 0.2) is 60.8 Å². The molecule has 270 valence electrons. The summed E-state index contributed by atoms with van der Waals surface area (Å²) in [5, 5.41) is 9.54. The van der Waals surface area contributed by atoms with Crippen LogP contribution in [0.4, 0.5) is 0 Å². The Morgan fingerprint density at radius 1 is 0.511 bits per heavy atom. The maximum absolute atomic E-state index is 12.2. The van der Waals surface area contributed by atoms with E-state index < -0.39 is 6.10 Å². The third-order valence-electron chi connectivity index (χ3n) is 8.14. The van der Waals surface area contributed by atoms with Gasteiger partial charge in [0.1, 0.15) is 6.61 Å². The quantitative estimate of drug-likeness (QED) is 0.0323. The summed E-state index contributed by atoms with van der Waals surface area (Å²) in [6.45, 7) is 3.95. The molecule has 0 fully saturated rings. The number of carbonyl (C=O) groups is 2. The van der Waals surface area contributed by atoms with E-state index in [0.717, 1.165) is 51.4 Å². The van der Waals surface area contributed by atoms with Crippen molar-refractivity contribution in [2.75, 3.05) is 13.2 Å². The summed E-state index contributed by atoms with van der Waals surface area (Å²) in [5.74, 6) is -0.645. The van der Waals surface area contributed by atoms with E-state index in [-0.39, 0.29) is 25.2 Å². The van der Waals surface area contributed by atoms with Gasteiger partial charge in [0.05, 0.1) is 6.61 Å². The van der Waals surface area contributed by atoms with Crippen molar-refractivity contribution in [2.24, 2.45) is 0 Å². The highest BCUT2D eigenvalue weighted by molar-refractivity contribution is 5.70. The van der Waals surface area contributed by atoms with Crippen LogP contribution in [0, 0.1) is 0 Å². The zero-order valence-electron chi connectivity index (χ0n) is 30.5. The Kier molecular flexibility index (Phi) is 36.1. The molecule has 0 spiro atoms. The molecule has 1 unspecified atom stereocenters. The first-order valence-corrected chi connectivity index (χ1v) is 19.4. The number of hydrogen-bond acceptors (Lipinski definition) is 5. The van der Waals surface area contributed by atoms with Crippen molar-refractivity contribution in [3.63, 3.8) is 0 Å². The maximum atomic E-state index is 12.2. The molecule has 0 aromatic carbocycles. The van der Waals surface area contributed by atoms with E-state index in [9.17, 15) is 14.7 Å². The Morgan fingerprint density at radius 3 is 1.47 bits per heavy atom. The highest BCUT2D eigenvalue weighted by atomic mass is 16.6. The second-order valence-corrected chi connectivity index (χ2v) is 12.7. The van der Waals surface area contributed by atoms with Gasteiger partial charge < -0.3 is 14.6 Å². The first-order chi connectivity index (χ1) is 23.1. The molecule has 0 radical (unpaired) electrons.